The first-order valence-electron chi connectivity index (χ1n) is 10.3. The summed E-state index contributed by atoms with van der Waals surface area (Å²) in [5.41, 5.74) is 5.07. The Bertz CT molecular complexity index is 1100. The second-order valence-corrected chi connectivity index (χ2v) is 9.13. The van der Waals surface area contributed by atoms with Gasteiger partial charge in [-0.2, -0.15) is 0 Å². The van der Waals surface area contributed by atoms with Crippen LogP contribution in [0.3, 0.4) is 0 Å². The summed E-state index contributed by atoms with van der Waals surface area (Å²) >= 11 is 7.06. The molecule has 2 N–H and O–H groups in total. The Hall–Kier alpha value is -2.51. The van der Waals surface area contributed by atoms with Crippen LogP contribution in [0.5, 0.6) is 11.5 Å². The summed E-state index contributed by atoms with van der Waals surface area (Å²) < 4.78 is 13.4. The van der Waals surface area contributed by atoms with E-state index in [1.165, 1.54) is 0 Å². The van der Waals surface area contributed by atoms with Crippen LogP contribution in [-0.4, -0.2) is 19.1 Å². The van der Waals surface area contributed by atoms with Gasteiger partial charge in [0.25, 0.3) is 5.91 Å². The van der Waals surface area contributed by atoms with E-state index in [2.05, 4.69) is 55.5 Å². The second kappa shape index (κ2) is 11.4. The van der Waals surface area contributed by atoms with Crippen LogP contribution in [0.2, 0.25) is 0 Å². The Kier molecular flexibility index (Phi) is 8.59. The molecule has 0 heterocycles. The van der Waals surface area contributed by atoms with E-state index in [9.17, 15) is 4.79 Å². The van der Waals surface area contributed by atoms with E-state index in [0.29, 0.717) is 24.7 Å². The lowest BCUT2D eigenvalue weighted by Crippen LogP contribution is -2.20. The minimum Gasteiger partial charge on any atom is -0.490 e. The van der Waals surface area contributed by atoms with Crippen molar-refractivity contribution in [2.75, 3.05) is 23.8 Å². The van der Waals surface area contributed by atoms with E-state index in [4.69, 9.17) is 9.47 Å². The van der Waals surface area contributed by atoms with E-state index in [0.717, 1.165) is 37.0 Å². The van der Waals surface area contributed by atoms with Gasteiger partial charge in [0.05, 0.1) is 11.1 Å². The molecule has 3 aromatic rings. The van der Waals surface area contributed by atoms with Crippen molar-refractivity contribution in [3.05, 3.63) is 80.2 Å². The molecule has 0 aromatic heterocycles. The molecule has 0 aliphatic heterocycles. The number of ether oxygens (including phenoxy) is 2. The van der Waals surface area contributed by atoms with Gasteiger partial charge in [0, 0.05) is 22.4 Å². The quantitative estimate of drug-likeness (QED) is 0.300. The van der Waals surface area contributed by atoms with Crippen molar-refractivity contribution in [2.45, 2.75) is 27.3 Å². The van der Waals surface area contributed by atoms with Crippen molar-refractivity contribution >= 4 is 49.1 Å². The molecule has 0 aliphatic carbocycles. The molecule has 3 aromatic carbocycles. The van der Waals surface area contributed by atoms with Gasteiger partial charge < -0.3 is 20.1 Å². The Morgan fingerprint density at radius 3 is 2.53 bits per heavy atom. The monoisotopic (exact) mass is 560 g/mol. The summed E-state index contributed by atoms with van der Waals surface area (Å²) in [5, 5.41) is 6.30. The van der Waals surface area contributed by atoms with Gasteiger partial charge in [-0.1, -0.05) is 28.1 Å². The maximum absolute atomic E-state index is 12.4. The highest BCUT2D eigenvalue weighted by atomic mass is 79.9. The number of hydrogen-bond donors (Lipinski definition) is 2. The first kappa shape index (κ1) is 24.1. The molecule has 5 nitrogen and oxygen atoms in total. The van der Waals surface area contributed by atoms with E-state index in [-0.39, 0.29) is 12.5 Å². The molecule has 3 rings (SSSR count). The number of benzene rings is 3. The van der Waals surface area contributed by atoms with Gasteiger partial charge in [0.2, 0.25) is 0 Å². The van der Waals surface area contributed by atoms with Gasteiger partial charge in [0.1, 0.15) is 0 Å². The third-order valence-corrected chi connectivity index (χ3v) is 5.77. The Morgan fingerprint density at radius 2 is 1.81 bits per heavy atom. The number of hydrogen-bond acceptors (Lipinski definition) is 4. The number of aryl methyl sites for hydroxylation is 2. The number of carbonyl (C=O) groups is 1. The summed E-state index contributed by atoms with van der Waals surface area (Å²) in [5.74, 6) is 0.866. The van der Waals surface area contributed by atoms with E-state index in [1.807, 2.05) is 62.4 Å². The largest absolute Gasteiger partial charge is 0.490 e. The van der Waals surface area contributed by atoms with Gasteiger partial charge in [-0.05, 0) is 95.9 Å². The zero-order valence-electron chi connectivity index (χ0n) is 18.3. The Labute approximate surface area is 205 Å². The maximum Gasteiger partial charge on any atom is 0.262 e. The molecule has 0 saturated carbocycles. The molecule has 0 bridgehead atoms. The van der Waals surface area contributed by atoms with Crippen molar-refractivity contribution < 1.29 is 14.3 Å². The normalized spacial score (nSPS) is 10.5. The van der Waals surface area contributed by atoms with Crippen molar-refractivity contribution in [1.29, 1.82) is 0 Å². The van der Waals surface area contributed by atoms with Crippen LogP contribution in [0.15, 0.2) is 63.5 Å². The van der Waals surface area contributed by atoms with Crippen molar-refractivity contribution in [1.82, 2.24) is 0 Å². The van der Waals surface area contributed by atoms with Crippen LogP contribution < -0.4 is 20.1 Å². The standard InChI is InChI=1S/C25H26Br2N2O3/c1-4-31-23-13-18(14-28-22-9-8-19(26)11-17(22)3)12-21(27)25(23)32-15-24(30)29-20-7-5-6-16(2)10-20/h5-13,28H,4,14-15H2,1-3H3,(H,29,30). The Morgan fingerprint density at radius 1 is 1.00 bits per heavy atom. The molecule has 0 radical (unpaired) electrons. The predicted molar refractivity (Wildman–Crippen MR) is 137 cm³/mol. The molecule has 168 valence electrons. The molecule has 7 heteroatoms. The summed E-state index contributed by atoms with van der Waals surface area (Å²) in [6.07, 6.45) is 0. The topological polar surface area (TPSA) is 59.6 Å². The zero-order chi connectivity index (χ0) is 23.1. The van der Waals surface area contributed by atoms with Crippen molar-refractivity contribution in [2.24, 2.45) is 0 Å². The third kappa shape index (κ3) is 6.74. The minimum atomic E-state index is -0.235. The van der Waals surface area contributed by atoms with Crippen molar-refractivity contribution in [3.63, 3.8) is 0 Å². The van der Waals surface area contributed by atoms with Gasteiger partial charge in [-0.3, -0.25) is 4.79 Å². The third-order valence-electron chi connectivity index (χ3n) is 4.69. The fourth-order valence-electron chi connectivity index (χ4n) is 3.21. The van der Waals surface area contributed by atoms with E-state index in [1.54, 1.807) is 0 Å². The average Bonchev–Trinajstić information content (AvgIpc) is 2.73. The fourth-order valence-corrected chi connectivity index (χ4v) is 4.29. The van der Waals surface area contributed by atoms with Crippen LogP contribution in [0.25, 0.3) is 0 Å². The van der Waals surface area contributed by atoms with E-state index < -0.39 is 0 Å². The first-order valence-corrected chi connectivity index (χ1v) is 11.9. The van der Waals surface area contributed by atoms with Crippen LogP contribution in [0.4, 0.5) is 11.4 Å². The average molecular weight is 562 g/mol. The smallest absolute Gasteiger partial charge is 0.262 e. The summed E-state index contributed by atoms with van der Waals surface area (Å²) in [6, 6.07) is 17.7. The maximum atomic E-state index is 12.4. The van der Waals surface area contributed by atoms with Crippen LogP contribution >= 0.6 is 31.9 Å². The van der Waals surface area contributed by atoms with Gasteiger partial charge in [0.15, 0.2) is 18.1 Å². The number of nitrogens with one attached hydrogen (secondary N) is 2. The molecular weight excluding hydrogens is 536 g/mol. The summed E-state index contributed by atoms with van der Waals surface area (Å²) in [4.78, 5) is 12.4. The van der Waals surface area contributed by atoms with Gasteiger partial charge in [-0.25, -0.2) is 0 Å². The van der Waals surface area contributed by atoms with Crippen molar-refractivity contribution in [3.8, 4) is 11.5 Å². The minimum absolute atomic E-state index is 0.123. The molecule has 0 spiro atoms. The molecule has 0 atom stereocenters. The lowest BCUT2D eigenvalue weighted by atomic mass is 10.1. The number of amides is 1. The molecule has 1 amide bonds. The SMILES string of the molecule is CCOc1cc(CNc2ccc(Br)cc2C)cc(Br)c1OCC(=O)Nc1cccc(C)c1. The number of halogens is 2. The summed E-state index contributed by atoms with van der Waals surface area (Å²) in [7, 11) is 0. The molecule has 0 aliphatic rings. The Balaban J connectivity index is 1.68. The lowest BCUT2D eigenvalue weighted by Gasteiger charge is -2.16. The van der Waals surface area contributed by atoms with Gasteiger partial charge >= 0.3 is 0 Å². The second-order valence-electron chi connectivity index (χ2n) is 7.36. The van der Waals surface area contributed by atoms with Crippen LogP contribution in [0.1, 0.15) is 23.6 Å². The molecule has 0 fully saturated rings. The molecule has 0 unspecified atom stereocenters. The number of rotatable bonds is 9. The van der Waals surface area contributed by atoms with Crippen LogP contribution in [0, 0.1) is 13.8 Å². The first-order chi connectivity index (χ1) is 15.4. The highest BCUT2D eigenvalue weighted by Gasteiger charge is 2.15. The fraction of sp³-hybridized carbons (Fsp3) is 0.240. The molecular formula is C25H26Br2N2O3. The van der Waals surface area contributed by atoms with Crippen LogP contribution in [-0.2, 0) is 11.3 Å². The number of carbonyl (C=O) groups excluding carboxylic acids is 1. The highest BCUT2D eigenvalue weighted by molar-refractivity contribution is 9.10. The molecule has 0 saturated heterocycles. The van der Waals surface area contributed by atoms with Gasteiger partial charge in [-0.15, -0.1) is 0 Å². The number of anilines is 2. The summed E-state index contributed by atoms with van der Waals surface area (Å²) in [6.45, 7) is 6.94. The highest BCUT2D eigenvalue weighted by Crippen LogP contribution is 2.37. The van der Waals surface area contributed by atoms with E-state index >= 15 is 0 Å². The predicted octanol–water partition coefficient (Wildman–Crippen LogP) is 6.86. The lowest BCUT2D eigenvalue weighted by molar-refractivity contribution is -0.118. The molecule has 32 heavy (non-hydrogen) atoms. The zero-order valence-corrected chi connectivity index (χ0v) is 21.5.